The summed E-state index contributed by atoms with van der Waals surface area (Å²) in [4.78, 5) is 23.7. The lowest BCUT2D eigenvalue weighted by Crippen LogP contribution is -2.28. The first-order valence-electron chi connectivity index (χ1n) is 6.50. The fraction of sp³-hybridized carbons (Fsp3) is 0.667. The summed E-state index contributed by atoms with van der Waals surface area (Å²) in [5, 5.41) is 17.2. The van der Waals surface area contributed by atoms with Gasteiger partial charge in [0.1, 0.15) is 0 Å². The molecule has 8 nitrogen and oxygen atoms in total. The van der Waals surface area contributed by atoms with Crippen LogP contribution < -0.4 is 5.32 Å². The molecule has 0 unspecified atom stereocenters. The van der Waals surface area contributed by atoms with Crippen LogP contribution in [0.4, 0.5) is 5.82 Å². The zero-order chi connectivity index (χ0) is 15.1. The van der Waals surface area contributed by atoms with Crippen molar-refractivity contribution in [1.82, 2.24) is 20.0 Å². The highest BCUT2D eigenvalue weighted by Crippen LogP contribution is 2.11. The first-order chi connectivity index (χ1) is 9.40. The maximum absolute atomic E-state index is 11.6. The van der Waals surface area contributed by atoms with E-state index < -0.39 is 4.92 Å². The third kappa shape index (κ3) is 5.35. The van der Waals surface area contributed by atoms with Gasteiger partial charge in [0, 0.05) is 13.0 Å². The summed E-state index contributed by atoms with van der Waals surface area (Å²) in [6, 6.07) is 1.40. The lowest BCUT2D eigenvalue weighted by atomic mass is 10.3. The molecule has 0 saturated carbocycles. The standard InChI is InChI=1S/C12H21N5O3/c1-10-9-11(17(19)20)14-16(10)8-5-12(18)13-6-4-7-15(2)3/h9H,4-8H2,1-3H3,(H,13,18). The smallest absolute Gasteiger partial charge is 0.358 e. The van der Waals surface area contributed by atoms with Gasteiger partial charge in [-0.25, -0.2) is 0 Å². The first kappa shape index (κ1) is 16.1. The second-order valence-corrected chi connectivity index (χ2v) is 4.88. The van der Waals surface area contributed by atoms with Crippen LogP contribution in [0.25, 0.3) is 0 Å². The highest BCUT2D eigenvalue weighted by atomic mass is 16.6. The molecule has 1 aromatic heterocycles. The maximum atomic E-state index is 11.6. The Labute approximate surface area is 117 Å². The summed E-state index contributed by atoms with van der Waals surface area (Å²) in [5.41, 5.74) is 0.678. The lowest BCUT2D eigenvalue weighted by molar-refractivity contribution is -0.389. The fourth-order valence-electron chi connectivity index (χ4n) is 1.73. The van der Waals surface area contributed by atoms with Crippen molar-refractivity contribution in [2.45, 2.75) is 26.3 Å². The van der Waals surface area contributed by atoms with E-state index >= 15 is 0 Å². The maximum Gasteiger partial charge on any atom is 0.390 e. The zero-order valence-corrected chi connectivity index (χ0v) is 12.1. The van der Waals surface area contributed by atoms with E-state index in [0.29, 0.717) is 18.8 Å². The van der Waals surface area contributed by atoms with E-state index in [-0.39, 0.29) is 18.1 Å². The van der Waals surface area contributed by atoms with Crippen LogP contribution in [-0.4, -0.2) is 52.7 Å². The molecule has 0 aromatic carbocycles. The van der Waals surface area contributed by atoms with E-state index in [0.717, 1.165) is 13.0 Å². The molecule has 8 heteroatoms. The summed E-state index contributed by atoms with van der Waals surface area (Å²) in [6.45, 7) is 3.63. The number of hydrogen-bond donors (Lipinski definition) is 1. The molecule has 1 heterocycles. The molecule has 1 amide bonds. The number of hydrogen-bond acceptors (Lipinski definition) is 5. The van der Waals surface area contributed by atoms with Crippen molar-refractivity contribution >= 4 is 11.7 Å². The molecule has 0 aliphatic carbocycles. The van der Waals surface area contributed by atoms with Crippen LogP contribution in [0.3, 0.4) is 0 Å². The monoisotopic (exact) mass is 283 g/mol. The van der Waals surface area contributed by atoms with Crippen LogP contribution in [0, 0.1) is 17.0 Å². The number of nitro groups is 1. The van der Waals surface area contributed by atoms with Crippen LogP contribution in [-0.2, 0) is 11.3 Å². The average molecular weight is 283 g/mol. The minimum absolute atomic E-state index is 0.0682. The van der Waals surface area contributed by atoms with Gasteiger partial charge in [-0.1, -0.05) is 0 Å². The molecule has 0 aliphatic rings. The van der Waals surface area contributed by atoms with Crippen LogP contribution >= 0.6 is 0 Å². The molecular formula is C12H21N5O3. The van der Waals surface area contributed by atoms with E-state index in [2.05, 4.69) is 15.3 Å². The molecule has 1 N–H and O–H groups in total. The highest BCUT2D eigenvalue weighted by Gasteiger charge is 2.15. The molecule has 1 aromatic rings. The van der Waals surface area contributed by atoms with Crippen molar-refractivity contribution in [1.29, 1.82) is 0 Å². The Bertz CT molecular complexity index is 470. The van der Waals surface area contributed by atoms with E-state index in [1.54, 1.807) is 6.92 Å². The number of nitrogens with zero attached hydrogens (tertiary/aromatic N) is 4. The van der Waals surface area contributed by atoms with Crippen molar-refractivity contribution < 1.29 is 9.72 Å². The second kappa shape index (κ2) is 7.59. The van der Waals surface area contributed by atoms with Crippen LogP contribution in [0.2, 0.25) is 0 Å². The Balaban J connectivity index is 2.32. The van der Waals surface area contributed by atoms with Crippen LogP contribution in [0.1, 0.15) is 18.5 Å². The van der Waals surface area contributed by atoms with Gasteiger partial charge in [0.25, 0.3) is 0 Å². The average Bonchev–Trinajstić information content (AvgIpc) is 2.74. The fourth-order valence-corrected chi connectivity index (χ4v) is 1.73. The minimum atomic E-state index is -0.537. The first-order valence-corrected chi connectivity index (χ1v) is 6.50. The third-order valence-electron chi connectivity index (χ3n) is 2.81. The molecule has 1 rings (SSSR count). The number of carbonyl (C=O) groups excluding carboxylic acids is 1. The predicted molar refractivity (Wildman–Crippen MR) is 74.4 cm³/mol. The summed E-state index contributed by atoms with van der Waals surface area (Å²) in [7, 11) is 3.96. The number of aryl methyl sites for hydroxylation is 2. The largest absolute Gasteiger partial charge is 0.390 e. The van der Waals surface area contributed by atoms with Gasteiger partial charge in [-0.05, 0) is 38.9 Å². The predicted octanol–water partition coefficient (Wildman–Crippen LogP) is 0.558. The molecular weight excluding hydrogens is 262 g/mol. The van der Waals surface area contributed by atoms with Gasteiger partial charge >= 0.3 is 5.82 Å². The van der Waals surface area contributed by atoms with E-state index in [4.69, 9.17) is 0 Å². The quantitative estimate of drug-likeness (QED) is 0.427. The van der Waals surface area contributed by atoms with Gasteiger partial charge in [0.2, 0.25) is 5.91 Å². The highest BCUT2D eigenvalue weighted by molar-refractivity contribution is 5.75. The lowest BCUT2D eigenvalue weighted by Gasteiger charge is -2.09. The van der Waals surface area contributed by atoms with Gasteiger partial charge in [0.15, 0.2) is 0 Å². The molecule has 0 spiro atoms. The Morgan fingerprint density at radius 1 is 1.55 bits per heavy atom. The molecule has 112 valence electrons. The number of rotatable bonds is 8. The normalized spacial score (nSPS) is 10.8. The molecule has 0 saturated heterocycles. The number of aromatic nitrogens is 2. The third-order valence-corrected chi connectivity index (χ3v) is 2.81. The van der Waals surface area contributed by atoms with Gasteiger partial charge < -0.3 is 20.3 Å². The Kier molecular flexibility index (Phi) is 6.10. The van der Waals surface area contributed by atoms with E-state index in [1.807, 2.05) is 14.1 Å². The minimum Gasteiger partial charge on any atom is -0.358 e. The van der Waals surface area contributed by atoms with Gasteiger partial charge in [-0.15, -0.1) is 0 Å². The summed E-state index contributed by atoms with van der Waals surface area (Å²) < 4.78 is 1.48. The molecule has 0 aliphatic heterocycles. The molecule has 0 fully saturated rings. The zero-order valence-electron chi connectivity index (χ0n) is 12.1. The topological polar surface area (TPSA) is 93.3 Å². The SMILES string of the molecule is Cc1cc([N+](=O)[O-])nn1CCC(=O)NCCCN(C)C. The Morgan fingerprint density at radius 3 is 2.80 bits per heavy atom. The summed E-state index contributed by atoms with van der Waals surface area (Å²) in [5.74, 6) is -0.254. The van der Waals surface area contributed by atoms with Crippen molar-refractivity contribution in [3.8, 4) is 0 Å². The summed E-state index contributed by atoms with van der Waals surface area (Å²) >= 11 is 0. The molecule has 0 bridgehead atoms. The number of amides is 1. The summed E-state index contributed by atoms with van der Waals surface area (Å²) in [6.07, 6.45) is 1.16. The number of nitrogens with one attached hydrogen (secondary N) is 1. The van der Waals surface area contributed by atoms with E-state index in [1.165, 1.54) is 10.7 Å². The van der Waals surface area contributed by atoms with Gasteiger partial charge in [-0.3, -0.25) is 4.79 Å². The molecule has 0 radical (unpaired) electrons. The molecule has 20 heavy (non-hydrogen) atoms. The second-order valence-electron chi connectivity index (χ2n) is 4.88. The van der Waals surface area contributed by atoms with Gasteiger partial charge in [-0.2, -0.15) is 4.68 Å². The van der Waals surface area contributed by atoms with Crippen LogP contribution in [0.15, 0.2) is 6.07 Å². The molecule has 0 atom stereocenters. The van der Waals surface area contributed by atoms with Crippen molar-refractivity contribution in [3.05, 3.63) is 21.9 Å². The Morgan fingerprint density at radius 2 is 2.25 bits per heavy atom. The Hall–Kier alpha value is -1.96. The van der Waals surface area contributed by atoms with Gasteiger partial charge in [0.05, 0.1) is 23.4 Å². The van der Waals surface area contributed by atoms with Crippen molar-refractivity contribution in [2.24, 2.45) is 0 Å². The van der Waals surface area contributed by atoms with Crippen molar-refractivity contribution in [2.75, 3.05) is 27.2 Å². The van der Waals surface area contributed by atoms with Crippen LogP contribution in [0.5, 0.6) is 0 Å². The number of carbonyl (C=O) groups is 1. The van der Waals surface area contributed by atoms with E-state index in [9.17, 15) is 14.9 Å². The van der Waals surface area contributed by atoms with Crippen molar-refractivity contribution in [3.63, 3.8) is 0 Å².